The maximum Gasteiger partial charge on any atom is 0.307 e. The minimum absolute atomic E-state index is 0.404. The molecule has 0 amide bonds. The zero-order valence-electron chi connectivity index (χ0n) is 9.80. The van der Waals surface area contributed by atoms with Gasteiger partial charge >= 0.3 is 5.97 Å². The molecule has 6 heteroatoms. The van der Waals surface area contributed by atoms with Gasteiger partial charge < -0.3 is 9.63 Å². The summed E-state index contributed by atoms with van der Waals surface area (Å²) in [5.41, 5.74) is 0. The second-order valence-electron chi connectivity index (χ2n) is 3.89. The first-order valence-corrected chi connectivity index (χ1v) is 5.25. The van der Waals surface area contributed by atoms with Gasteiger partial charge in [0.2, 0.25) is 5.89 Å². The molecule has 1 N–H and O–H groups in total. The van der Waals surface area contributed by atoms with E-state index in [0.29, 0.717) is 24.8 Å². The zero-order valence-corrected chi connectivity index (χ0v) is 9.80. The lowest BCUT2D eigenvalue weighted by Gasteiger charge is -2.16. The quantitative estimate of drug-likeness (QED) is 0.773. The molecule has 16 heavy (non-hydrogen) atoms. The van der Waals surface area contributed by atoms with Crippen LogP contribution in [0.15, 0.2) is 4.52 Å². The molecule has 0 saturated heterocycles. The van der Waals surface area contributed by atoms with E-state index >= 15 is 0 Å². The van der Waals surface area contributed by atoms with Gasteiger partial charge in [-0.3, -0.25) is 9.69 Å². The molecule has 1 aromatic heterocycles. The number of carboxylic acids is 1. The second-order valence-corrected chi connectivity index (χ2v) is 3.89. The topological polar surface area (TPSA) is 79.5 Å². The van der Waals surface area contributed by atoms with Crippen molar-refractivity contribution in [3.63, 3.8) is 0 Å². The van der Waals surface area contributed by atoms with Crippen molar-refractivity contribution in [1.82, 2.24) is 15.0 Å². The lowest BCUT2D eigenvalue weighted by molar-refractivity contribution is -0.141. The zero-order chi connectivity index (χ0) is 12.1. The Morgan fingerprint density at radius 2 is 2.31 bits per heavy atom. The lowest BCUT2D eigenvalue weighted by atomic mass is 10.2. The van der Waals surface area contributed by atoms with E-state index in [2.05, 4.69) is 10.1 Å². The number of aliphatic carboxylic acids is 1. The summed E-state index contributed by atoms with van der Waals surface area (Å²) in [6.07, 6.45) is 0.735. The van der Waals surface area contributed by atoms with E-state index in [4.69, 9.17) is 9.63 Å². The van der Waals surface area contributed by atoms with Crippen molar-refractivity contribution < 1.29 is 14.4 Å². The van der Waals surface area contributed by atoms with Gasteiger partial charge in [0.05, 0.1) is 12.5 Å². The molecule has 1 rings (SSSR count). The SMILES string of the molecule is CCc1noc(CN(C)CC(C)C(=O)O)n1. The molecule has 1 heterocycles. The van der Waals surface area contributed by atoms with Gasteiger partial charge in [0.25, 0.3) is 0 Å². The van der Waals surface area contributed by atoms with E-state index in [1.807, 2.05) is 18.9 Å². The Hall–Kier alpha value is -1.43. The van der Waals surface area contributed by atoms with Crippen molar-refractivity contribution in [1.29, 1.82) is 0 Å². The normalized spacial score (nSPS) is 13.0. The first kappa shape index (κ1) is 12.6. The molecular formula is C10H17N3O3. The number of hydrogen-bond acceptors (Lipinski definition) is 5. The van der Waals surface area contributed by atoms with Gasteiger partial charge in [0.15, 0.2) is 5.82 Å². The van der Waals surface area contributed by atoms with Crippen molar-refractivity contribution in [2.75, 3.05) is 13.6 Å². The van der Waals surface area contributed by atoms with Crippen molar-refractivity contribution in [3.8, 4) is 0 Å². The summed E-state index contributed by atoms with van der Waals surface area (Å²) in [5.74, 6) is -0.00295. The van der Waals surface area contributed by atoms with Crippen LogP contribution >= 0.6 is 0 Å². The Morgan fingerprint density at radius 3 is 2.81 bits per heavy atom. The molecule has 0 radical (unpaired) electrons. The molecule has 0 fully saturated rings. The molecule has 0 aromatic carbocycles. The van der Waals surface area contributed by atoms with E-state index in [-0.39, 0.29) is 0 Å². The first-order valence-electron chi connectivity index (χ1n) is 5.25. The van der Waals surface area contributed by atoms with Gasteiger partial charge in [-0.15, -0.1) is 0 Å². The average molecular weight is 227 g/mol. The van der Waals surface area contributed by atoms with E-state index in [0.717, 1.165) is 6.42 Å². The Kier molecular flexibility index (Phi) is 4.42. The fourth-order valence-electron chi connectivity index (χ4n) is 1.34. The summed E-state index contributed by atoms with van der Waals surface area (Å²) >= 11 is 0. The van der Waals surface area contributed by atoms with Gasteiger partial charge in [-0.25, -0.2) is 0 Å². The van der Waals surface area contributed by atoms with E-state index in [1.165, 1.54) is 0 Å². The summed E-state index contributed by atoms with van der Waals surface area (Å²) in [4.78, 5) is 16.7. The molecular weight excluding hydrogens is 210 g/mol. The largest absolute Gasteiger partial charge is 0.481 e. The van der Waals surface area contributed by atoms with Crippen molar-refractivity contribution in [3.05, 3.63) is 11.7 Å². The molecule has 1 aromatic rings. The van der Waals surface area contributed by atoms with Crippen molar-refractivity contribution in [2.45, 2.75) is 26.8 Å². The van der Waals surface area contributed by atoms with Crippen LogP contribution in [-0.4, -0.2) is 39.7 Å². The summed E-state index contributed by atoms with van der Waals surface area (Å²) < 4.78 is 5.02. The summed E-state index contributed by atoms with van der Waals surface area (Å²) in [6.45, 7) is 4.55. The molecule has 0 bridgehead atoms. The van der Waals surface area contributed by atoms with Crippen molar-refractivity contribution in [2.24, 2.45) is 5.92 Å². The van der Waals surface area contributed by atoms with Crippen LogP contribution in [0.2, 0.25) is 0 Å². The summed E-state index contributed by atoms with van der Waals surface area (Å²) in [7, 11) is 1.83. The summed E-state index contributed by atoms with van der Waals surface area (Å²) in [5, 5.41) is 12.5. The third-order valence-electron chi connectivity index (χ3n) is 2.24. The Morgan fingerprint density at radius 1 is 1.62 bits per heavy atom. The lowest BCUT2D eigenvalue weighted by Crippen LogP contribution is -2.28. The van der Waals surface area contributed by atoms with Crippen molar-refractivity contribution >= 4 is 5.97 Å². The number of rotatable bonds is 6. The molecule has 0 aliphatic rings. The summed E-state index contributed by atoms with van der Waals surface area (Å²) in [6, 6.07) is 0. The third-order valence-corrected chi connectivity index (χ3v) is 2.24. The van der Waals surface area contributed by atoms with Crippen LogP contribution in [0.1, 0.15) is 25.6 Å². The number of aryl methyl sites for hydroxylation is 1. The highest BCUT2D eigenvalue weighted by atomic mass is 16.5. The Bertz CT molecular complexity index is 351. The van der Waals surface area contributed by atoms with Crippen LogP contribution in [0.5, 0.6) is 0 Å². The van der Waals surface area contributed by atoms with E-state index in [9.17, 15) is 4.79 Å². The molecule has 90 valence electrons. The molecule has 0 saturated carbocycles. The third kappa shape index (κ3) is 3.62. The van der Waals surface area contributed by atoms with Crippen LogP contribution in [-0.2, 0) is 17.8 Å². The molecule has 1 unspecified atom stereocenters. The van der Waals surface area contributed by atoms with Gasteiger partial charge in [-0.2, -0.15) is 4.98 Å². The smallest absolute Gasteiger partial charge is 0.307 e. The molecule has 1 atom stereocenters. The van der Waals surface area contributed by atoms with Gasteiger partial charge in [0, 0.05) is 13.0 Å². The van der Waals surface area contributed by atoms with E-state index in [1.54, 1.807) is 6.92 Å². The van der Waals surface area contributed by atoms with E-state index < -0.39 is 11.9 Å². The van der Waals surface area contributed by atoms with Crippen LogP contribution in [0.25, 0.3) is 0 Å². The highest BCUT2D eigenvalue weighted by Gasteiger charge is 2.15. The van der Waals surface area contributed by atoms with Crippen LogP contribution in [0.3, 0.4) is 0 Å². The van der Waals surface area contributed by atoms with Gasteiger partial charge in [0.1, 0.15) is 0 Å². The predicted octanol–water partition coefficient (Wildman–Crippen LogP) is 0.784. The Balaban J connectivity index is 2.44. The van der Waals surface area contributed by atoms with Gasteiger partial charge in [-0.05, 0) is 7.05 Å². The number of nitrogens with zero attached hydrogens (tertiary/aromatic N) is 3. The number of aromatic nitrogens is 2. The predicted molar refractivity (Wildman–Crippen MR) is 56.8 cm³/mol. The average Bonchev–Trinajstić information content (AvgIpc) is 2.65. The number of hydrogen-bond donors (Lipinski definition) is 1. The standard InChI is InChI=1S/C10H17N3O3/c1-4-8-11-9(16-12-8)6-13(3)5-7(2)10(14)15/h7H,4-6H2,1-3H3,(H,14,15). The molecule has 0 spiro atoms. The molecule has 0 aliphatic carbocycles. The molecule has 0 aliphatic heterocycles. The number of carboxylic acid groups (broad SMARTS) is 1. The minimum Gasteiger partial charge on any atom is -0.481 e. The monoisotopic (exact) mass is 227 g/mol. The van der Waals surface area contributed by atoms with Crippen LogP contribution in [0.4, 0.5) is 0 Å². The fraction of sp³-hybridized carbons (Fsp3) is 0.700. The highest BCUT2D eigenvalue weighted by Crippen LogP contribution is 2.04. The van der Waals surface area contributed by atoms with Gasteiger partial charge in [-0.1, -0.05) is 19.0 Å². The first-order chi connectivity index (χ1) is 7.52. The van der Waals surface area contributed by atoms with Crippen LogP contribution < -0.4 is 0 Å². The second kappa shape index (κ2) is 5.60. The minimum atomic E-state index is -0.799. The Labute approximate surface area is 94.3 Å². The maximum atomic E-state index is 10.7. The highest BCUT2D eigenvalue weighted by molar-refractivity contribution is 5.69. The molecule has 6 nitrogen and oxygen atoms in total. The fourth-order valence-corrected chi connectivity index (χ4v) is 1.34. The maximum absolute atomic E-state index is 10.7. The number of carbonyl (C=O) groups is 1. The van der Waals surface area contributed by atoms with Crippen LogP contribution in [0, 0.1) is 5.92 Å².